The molecule has 0 saturated carbocycles. The summed E-state index contributed by atoms with van der Waals surface area (Å²) in [4.78, 5) is 13.1. The van der Waals surface area contributed by atoms with Gasteiger partial charge in [-0.05, 0) is 11.4 Å². The van der Waals surface area contributed by atoms with Crippen LogP contribution in [0.2, 0.25) is 0 Å². The van der Waals surface area contributed by atoms with Crippen molar-refractivity contribution in [2.45, 2.75) is 32.4 Å². The number of aromatic nitrogens is 2. The average molecular weight is 305 g/mol. The van der Waals surface area contributed by atoms with E-state index < -0.39 is 0 Å². The molecule has 6 heteroatoms. The molecule has 0 aliphatic carbocycles. The quantitative estimate of drug-likeness (QED) is 0.916. The molecule has 2 aromatic heterocycles. The first kappa shape index (κ1) is 14.3. The van der Waals surface area contributed by atoms with Gasteiger partial charge in [0.05, 0.1) is 25.5 Å². The van der Waals surface area contributed by atoms with Crippen LogP contribution < -0.4 is 5.32 Å². The lowest BCUT2D eigenvalue weighted by Gasteiger charge is -2.13. The topological polar surface area (TPSA) is 56.2 Å². The Kier molecular flexibility index (Phi) is 4.36. The third kappa shape index (κ3) is 3.33. The van der Waals surface area contributed by atoms with Gasteiger partial charge in [0.2, 0.25) is 5.91 Å². The summed E-state index contributed by atoms with van der Waals surface area (Å²) >= 11 is 1.65. The number of hydrogen-bond acceptors (Lipinski definition) is 4. The molecule has 1 aliphatic rings. The molecule has 5 nitrogen and oxygen atoms in total. The molecule has 1 amide bonds. The number of nitrogens with zero attached hydrogens (tertiary/aromatic N) is 2. The highest BCUT2D eigenvalue weighted by molar-refractivity contribution is 7.09. The van der Waals surface area contributed by atoms with Crippen molar-refractivity contribution in [1.29, 1.82) is 0 Å². The normalized spacial score (nSPS) is 14.0. The first-order chi connectivity index (χ1) is 10.2. The van der Waals surface area contributed by atoms with E-state index >= 15 is 0 Å². The van der Waals surface area contributed by atoms with Crippen LogP contribution >= 0.6 is 11.3 Å². The second-order valence-electron chi connectivity index (χ2n) is 5.15. The summed E-state index contributed by atoms with van der Waals surface area (Å²) in [5.41, 5.74) is 3.42. The van der Waals surface area contributed by atoms with Crippen molar-refractivity contribution in [2.75, 3.05) is 6.61 Å². The van der Waals surface area contributed by atoms with Crippen LogP contribution in [0, 0.1) is 0 Å². The van der Waals surface area contributed by atoms with Gasteiger partial charge in [-0.2, -0.15) is 5.10 Å². The van der Waals surface area contributed by atoms with Crippen LogP contribution in [0.25, 0.3) is 0 Å². The number of thiophene rings is 1. The molecule has 0 radical (unpaired) electrons. The summed E-state index contributed by atoms with van der Waals surface area (Å²) < 4.78 is 7.43. The number of hydrogen-bond donors (Lipinski definition) is 1. The van der Waals surface area contributed by atoms with E-state index in [1.165, 1.54) is 16.1 Å². The molecule has 2 aromatic rings. The molecule has 1 aliphatic heterocycles. The van der Waals surface area contributed by atoms with Crippen molar-refractivity contribution in [3.63, 3.8) is 0 Å². The Morgan fingerprint density at radius 1 is 1.57 bits per heavy atom. The van der Waals surface area contributed by atoms with Gasteiger partial charge in [-0.3, -0.25) is 9.48 Å². The number of aryl methyl sites for hydroxylation is 2. The van der Waals surface area contributed by atoms with Crippen molar-refractivity contribution >= 4 is 17.2 Å². The molecule has 0 atom stereocenters. The second-order valence-corrected chi connectivity index (χ2v) is 6.19. The van der Waals surface area contributed by atoms with Gasteiger partial charge in [0.1, 0.15) is 0 Å². The predicted molar refractivity (Wildman–Crippen MR) is 81.1 cm³/mol. The maximum atomic E-state index is 11.9. The van der Waals surface area contributed by atoms with Gasteiger partial charge in [-0.25, -0.2) is 0 Å². The van der Waals surface area contributed by atoms with Crippen LogP contribution in [0.1, 0.15) is 28.2 Å². The highest BCUT2D eigenvalue weighted by Gasteiger charge is 2.19. The van der Waals surface area contributed by atoms with Crippen LogP contribution in [0.5, 0.6) is 0 Å². The minimum Gasteiger partial charge on any atom is -0.376 e. The highest BCUT2D eigenvalue weighted by atomic mass is 32.1. The lowest BCUT2D eigenvalue weighted by molar-refractivity contribution is -0.121. The standard InChI is InChI=1S/C15H19N3O2S/c1-18-14-6-7-20-10-12(14)13(17-18)4-5-15(19)16-9-11-3-2-8-21-11/h2-3,8H,4-7,9-10H2,1H3,(H,16,19). The number of amides is 1. The molecule has 0 aromatic carbocycles. The van der Waals surface area contributed by atoms with Gasteiger partial charge < -0.3 is 10.1 Å². The Morgan fingerprint density at radius 3 is 3.29 bits per heavy atom. The number of rotatable bonds is 5. The number of nitrogens with one attached hydrogen (secondary N) is 1. The smallest absolute Gasteiger partial charge is 0.220 e. The summed E-state index contributed by atoms with van der Waals surface area (Å²) in [6.07, 6.45) is 2.04. The predicted octanol–water partition coefficient (Wildman–Crippen LogP) is 1.80. The molecule has 0 bridgehead atoms. The van der Waals surface area contributed by atoms with Crippen molar-refractivity contribution in [3.8, 4) is 0 Å². The van der Waals surface area contributed by atoms with E-state index in [1.807, 2.05) is 29.2 Å². The van der Waals surface area contributed by atoms with Gasteiger partial charge >= 0.3 is 0 Å². The third-order valence-electron chi connectivity index (χ3n) is 3.72. The monoisotopic (exact) mass is 305 g/mol. The van der Waals surface area contributed by atoms with Crippen LogP contribution in [0.3, 0.4) is 0 Å². The van der Waals surface area contributed by atoms with Gasteiger partial charge in [0, 0.05) is 42.4 Å². The van der Waals surface area contributed by atoms with Gasteiger partial charge in [-0.15, -0.1) is 11.3 Å². The molecule has 0 fully saturated rings. The molecule has 0 unspecified atom stereocenters. The fourth-order valence-electron chi connectivity index (χ4n) is 2.61. The van der Waals surface area contributed by atoms with E-state index in [4.69, 9.17) is 4.74 Å². The number of fused-ring (bicyclic) bond motifs is 1. The Morgan fingerprint density at radius 2 is 2.48 bits per heavy atom. The van der Waals surface area contributed by atoms with Crippen LogP contribution in [-0.2, 0) is 42.6 Å². The van der Waals surface area contributed by atoms with Crippen LogP contribution in [0.15, 0.2) is 17.5 Å². The Balaban J connectivity index is 1.54. The highest BCUT2D eigenvalue weighted by Crippen LogP contribution is 2.21. The maximum absolute atomic E-state index is 11.9. The van der Waals surface area contributed by atoms with E-state index in [2.05, 4.69) is 10.4 Å². The lowest BCUT2D eigenvalue weighted by atomic mass is 10.1. The minimum absolute atomic E-state index is 0.0690. The summed E-state index contributed by atoms with van der Waals surface area (Å²) in [5, 5.41) is 9.50. The molecular formula is C15H19N3O2S. The lowest BCUT2D eigenvalue weighted by Crippen LogP contribution is -2.22. The first-order valence-electron chi connectivity index (χ1n) is 7.14. The van der Waals surface area contributed by atoms with Crippen molar-refractivity contribution in [1.82, 2.24) is 15.1 Å². The van der Waals surface area contributed by atoms with E-state index in [0.29, 0.717) is 26.0 Å². The van der Waals surface area contributed by atoms with Crippen molar-refractivity contribution < 1.29 is 9.53 Å². The Hall–Kier alpha value is -1.66. The molecule has 0 spiro atoms. The van der Waals surface area contributed by atoms with Crippen molar-refractivity contribution in [3.05, 3.63) is 39.3 Å². The molecule has 3 heterocycles. The van der Waals surface area contributed by atoms with Gasteiger partial charge in [-0.1, -0.05) is 6.07 Å². The largest absolute Gasteiger partial charge is 0.376 e. The zero-order valence-electron chi connectivity index (χ0n) is 12.1. The first-order valence-corrected chi connectivity index (χ1v) is 8.02. The number of carbonyl (C=O) groups is 1. The number of ether oxygens (including phenoxy) is 1. The fraction of sp³-hybridized carbons (Fsp3) is 0.467. The maximum Gasteiger partial charge on any atom is 0.220 e. The van der Waals surface area contributed by atoms with Crippen LogP contribution in [-0.4, -0.2) is 22.3 Å². The zero-order chi connectivity index (χ0) is 14.7. The number of carbonyl (C=O) groups excluding carboxylic acids is 1. The van der Waals surface area contributed by atoms with Crippen LogP contribution in [0.4, 0.5) is 0 Å². The van der Waals surface area contributed by atoms with Gasteiger partial charge in [0.15, 0.2) is 0 Å². The summed E-state index contributed by atoms with van der Waals surface area (Å²) in [5.74, 6) is 0.0690. The molecular weight excluding hydrogens is 286 g/mol. The molecule has 112 valence electrons. The Labute approximate surface area is 127 Å². The molecule has 3 rings (SSSR count). The third-order valence-corrected chi connectivity index (χ3v) is 4.59. The van der Waals surface area contributed by atoms with E-state index in [9.17, 15) is 4.79 Å². The molecule has 0 saturated heterocycles. The zero-order valence-corrected chi connectivity index (χ0v) is 12.9. The summed E-state index contributed by atoms with van der Waals surface area (Å²) in [6.45, 7) is 1.99. The SMILES string of the molecule is Cn1nc(CCC(=O)NCc2cccs2)c2c1CCOC2. The van der Waals surface area contributed by atoms with Gasteiger partial charge in [0.25, 0.3) is 0 Å². The summed E-state index contributed by atoms with van der Waals surface area (Å²) in [6, 6.07) is 4.02. The van der Waals surface area contributed by atoms with E-state index in [0.717, 1.165) is 18.7 Å². The fourth-order valence-corrected chi connectivity index (χ4v) is 3.25. The minimum atomic E-state index is 0.0690. The molecule has 1 N–H and O–H groups in total. The van der Waals surface area contributed by atoms with E-state index in [1.54, 1.807) is 11.3 Å². The average Bonchev–Trinajstić information content (AvgIpc) is 3.12. The Bertz CT molecular complexity index is 619. The second kappa shape index (κ2) is 6.41. The van der Waals surface area contributed by atoms with E-state index in [-0.39, 0.29) is 5.91 Å². The van der Waals surface area contributed by atoms with Crippen molar-refractivity contribution in [2.24, 2.45) is 7.05 Å². The molecule has 21 heavy (non-hydrogen) atoms. The summed E-state index contributed by atoms with van der Waals surface area (Å²) in [7, 11) is 1.96.